The number of nitrogens with two attached hydrogens (primary N) is 1. The molecule has 0 spiro atoms. The molecule has 6 nitrogen and oxygen atoms in total. The molecule has 0 fully saturated rings. The zero-order valence-electron chi connectivity index (χ0n) is 16.7. The Morgan fingerprint density at radius 3 is 2.41 bits per heavy atom. The summed E-state index contributed by atoms with van der Waals surface area (Å²) in [5, 5.41) is 3.49. The van der Waals surface area contributed by atoms with Crippen LogP contribution in [0, 0.1) is 0 Å². The van der Waals surface area contributed by atoms with Gasteiger partial charge in [-0.05, 0) is 60.9 Å². The van der Waals surface area contributed by atoms with Crippen LogP contribution >= 0.6 is 0 Å². The molecular weight excluding hydrogens is 364 g/mol. The summed E-state index contributed by atoms with van der Waals surface area (Å²) in [6, 6.07) is 15.0. The molecule has 3 aromatic rings. The van der Waals surface area contributed by atoms with Gasteiger partial charge in [0.1, 0.15) is 11.3 Å². The van der Waals surface area contributed by atoms with E-state index in [1.54, 1.807) is 24.8 Å². The fourth-order valence-corrected chi connectivity index (χ4v) is 3.43. The Morgan fingerprint density at radius 1 is 1.10 bits per heavy atom. The summed E-state index contributed by atoms with van der Waals surface area (Å²) in [4.78, 5) is 21.2. The van der Waals surface area contributed by atoms with Crippen LogP contribution in [0.1, 0.15) is 36.6 Å². The Kier molecular flexibility index (Phi) is 6.57. The van der Waals surface area contributed by atoms with Crippen LogP contribution in [0.25, 0.3) is 0 Å². The van der Waals surface area contributed by atoms with Crippen molar-refractivity contribution < 1.29 is 9.53 Å². The third kappa shape index (κ3) is 4.78. The number of carbonyl (C=O) groups excluding carboxylic acids is 1. The number of benzene rings is 1. The van der Waals surface area contributed by atoms with Crippen molar-refractivity contribution in [2.24, 2.45) is 5.73 Å². The highest BCUT2D eigenvalue weighted by atomic mass is 16.5. The van der Waals surface area contributed by atoms with Gasteiger partial charge in [-0.25, -0.2) is 0 Å². The molecule has 2 unspecified atom stereocenters. The lowest BCUT2D eigenvalue weighted by atomic mass is 9.82. The molecule has 0 radical (unpaired) electrons. The summed E-state index contributed by atoms with van der Waals surface area (Å²) in [6.45, 7) is 4.51. The number of nitrogens with one attached hydrogen (secondary N) is 1. The van der Waals surface area contributed by atoms with Gasteiger partial charge in [-0.2, -0.15) is 0 Å². The second-order valence-corrected chi connectivity index (χ2v) is 6.91. The molecule has 150 valence electrons. The molecule has 2 atom stereocenters. The monoisotopic (exact) mass is 390 g/mol. The van der Waals surface area contributed by atoms with Crippen LogP contribution in [0.4, 0.5) is 0 Å². The fraction of sp³-hybridized carbons (Fsp3) is 0.261. The number of hydrogen-bond donors (Lipinski definition) is 2. The second kappa shape index (κ2) is 9.30. The third-order valence-corrected chi connectivity index (χ3v) is 4.94. The van der Waals surface area contributed by atoms with E-state index < -0.39 is 11.4 Å². The topological polar surface area (TPSA) is 90.1 Å². The number of ether oxygens (including phenoxy) is 1. The van der Waals surface area contributed by atoms with Gasteiger partial charge in [0.25, 0.3) is 0 Å². The van der Waals surface area contributed by atoms with Crippen molar-refractivity contribution in [3.63, 3.8) is 0 Å². The first kappa shape index (κ1) is 20.5. The zero-order chi connectivity index (χ0) is 20.7. The summed E-state index contributed by atoms with van der Waals surface area (Å²) in [7, 11) is 0. The summed E-state index contributed by atoms with van der Waals surface area (Å²) < 4.78 is 5.55. The molecule has 2 heterocycles. The normalized spacial score (nSPS) is 14.0. The van der Waals surface area contributed by atoms with Gasteiger partial charge < -0.3 is 10.5 Å². The highest BCUT2D eigenvalue weighted by Crippen LogP contribution is 2.31. The van der Waals surface area contributed by atoms with Crippen LogP contribution in [0.15, 0.2) is 73.3 Å². The van der Waals surface area contributed by atoms with Crippen LogP contribution in [0.2, 0.25) is 0 Å². The van der Waals surface area contributed by atoms with Crippen molar-refractivity contribution in [3.05, 3.63) is 90.0 Å². The molecule has 0 aliphatic carbocycles. The van der Waals surface area contributed by atoms with Gasteiger partial charge >= 0.3 is 0 Å². The molecule has 0 aliphatic rings. The van der Waals surface area contributed by atoms with Gasteiger partial charge in [0, 0.05) is 37.3 Å². The Balaban J connectivity index is 2.03. The van der Waals surface area contributed by atoms with Crippen LogP contribution in [-0.2, 0) is 16.8 Å². The zero-order valence-corrected chi connectivity index (χ0v) is 16.7. The predicted molar refractivity (Wildman–Crippen MR) is 112 cm³/mol. The number of nitrogens with zero attached hydrogens (tertiary/aromatic N) is 2. The molecule has 29 heavy (non-hydrogen) atoms. The van der Waals surface area contributed by atoms with Gasteiger partial charge in [-0.3, -0.25) is 20.1 Å². The lowest BCUT2D eigenvalue weighted by Gasteiger charge is -2.35. The molecule has 0 bridgehead atoms. The number of primary amides is 1. The summed E-state index contributed by atoms with van der Waals surface area (Å²) in [6.07, 6.45) is 7.33. The van der Waals surface area contributed by atoms with E-state index in [0.29, 0.717) is 13.0 Å². The lowest BCUT2D eigenvalue weighted by molar-refractivity contribution is -0.125. The van der Waals surface area contributed by atoms with Crippen molar-refractivity contribution in [1.82, 2.24) is 15.3 Å². The number of carbonyl (C=O) groups is 1. The standard InChI is InChI=1S/C23H26N4O2/c1-3-29-21-8-6-20(7-9-21)23(22(24)28,15-18-10-13-25-14-11-18)27-17(2)19-5-4-12-26-16-19/h4-14,16-17,27H,3,15H2,1-2H3,(H2,24,28). The average molecular weight is 390 g/mol. The molecule has 2 aromatic heterocycles. The van der Waals surface area contributed by atoms with Crippen molar-refractivity contribution in [2.75, 3.05) is 6.61 Å². The van der Waals surface area contributed by atoms with Crippen molar-refractivity contribution in [1.29, 1.82) is 0 Å². The lowest BCUT2D eigenvalue weighted by Crippen LogP contribution is -2.55. The molecule has 1 amide bonds. The maximum Gasteiger partial charge on any atom is 0.242 e. The number of amides is 1. The Labute approximate surface area is 171 Å². The fourth-order valence-electron chi connectivity index (χ4n) is 3.43. The van der Waals surface area contributed by atoms with E-state index in [4.69, 9.17) is 10.5 Å². The quantitative estimate of drug-likeness (QED) is 0.586. The Hall–Kier alpha value is -3.25. The predicted octanol–water partition coefficient (Wildman–Crippen LogP) is 3.15. The molecule has 0 saturated heterocycles. The van der Waals surface area contributed by atoms with E-state index in [0.717, 1.165) is 22.4 Å². The third-order valence-electron chi connectivity index (χ3n) is 4.94. The highest BCUT2D eigenvalue weighted by Gasteiger charge is 2.40. The van der Waals surface area contributed by atoms with E-state index in [1.807, 2.05) is 62.4 Å². The maximum atomic E-state index is 12.9. The molecule has 1 aromatic carbocycles. The van der Waals surface area contributed by atoms with Crippen LogP contribution < -0.4 is 15.8 Å². The Morgan fingerprint density at radius 2 is 1.83 bits per heavy atom. The SMILES string of the molecule is CCOc1ccc(C(Cc2ccncc2)(NC(C)c2cccnc2)C(N)=O)cc1. The van der Waals surface area contributed by atoms with Gasteiger partial charge in [-0.15, -0.1) is 0 Å². The van der Waals surface area contributed by atoms with Gasteiger partial charge in [0.05, 0.1) is 6.61 Å². The summed E-state index contributed by atoms with van der Waals surface area (Å²) in [5.74, 6) is 0.299. The second-order valence-electron chi connectivity index (χ2n) is 6.91. The number of aromatic nitrogens is 2. The van der Waals surface area contributed by atoms with Crippen molar-refractivity contribution >= 4 is 5.91 Å². The maximum absolute atomic E-state index is 12.9. The number of pyridine rings is 2. The first-order valence-corrected chi connectivity index (χ1v) is 9.65. The van der Waals surface area contributed by atoms with E-state index in [2.05, 4.69) is 15.3 Å². The van der Waals surface area contributed by atoms with Crippen LogP contribution in [-0.4, -0.2) is 22.5 Å². The highest BCUT2D eigenvalue weighted by molar-refractivity contribution is 5.86. The van der Waals surface area contributed by atoms with E-state index in [-0.39, 0.29) is 6.04 Å². The Bertz CT molecular complexity index is 917. The number of hydrogen-bond acceptors (Lipinski definition) is 5. The average Bonchev–Trinajstić information content (AvgIpc) is 2.75. The molecule has 0 aliphatic heterocycles. The molecular formula is C23H26N4O2. The molecule has 6 heteroatoms. The first-order valence-electron chi connectivity index (χ1n) is 9.65. The molecule has 3 N–H and O–H groups in total. The summed E-state index contributed by atoms with van der Waals surface area (Å²) >= 11 is 0. The van der Waals surface area contributed by atoms with Crippen LogP contribution in [0.5, 0.6) is 5.75 Å². The molecule has 0 saturated carbocycles. The molecule has 3 rings (SSSR count). The number of rotatable bonds is 9. The van der Waals surface area contributed by atoms with Crippen molar-refractivity contribution in [3.8, 4) is 5.75 Å². The minimum Gasteiger partial charge on any atom is -0.494 e. The van der Waals surface area contributed by atoms with Gasteiger partial charge in [0.15, 0.2) is 0 Å². The van der Waals surface area contributed by atoms with Crippen molar-refractivity contribution in [2.45, 2.75) is 31.8 Å². The van der Waals surface area contributed by atoms with E-state index >= 15 is 0 Å². The van der Waals surface area contributed by atoms with Gasteiger partial charge in [0.2, 0.25) is 5.91 Å². The smallest absolute Gasteiger partial charge is 0.242 e. The summed E-state index contributed by atoms with van der Waals surface area (Å²) in [5.41, 5.74) is 7.61. The van der Waals surface area contributed by atoms with E-state index in [9.17, 15) is 4.79 Å². The van der Waals surface area contributed by atoms with E-state index in [1.165, 1.54) is 0 Å². The van der Waals surface area contributed by atoms with Gasteiger partial charge in [-0.1, -0.05) is 18.2 Å². The minimum atomic E-state index is -1.11. The first-order chi connectivity index (χ1) is 14.0. The van der Waals surface area contributed by atoms with Crippen LogP contribution in [0.3, 0.4) is 0 Å². The largest absolute Gasteiger partial charge is 0.494 e. The minimum absolute atomic E-state index is 0.149.